The second kappa shape index (κ2) is 10.4. The maximum atomic E-state index is 12.2. The predicted octanol–water partition coefficient (Wildman–Crippen LogP) is 6.51. The molecular weight excluding hydrogens is 428 g/mol. The zero-order chi connectivity index (χ0) is 23.4. The van der Waals surface area contributed by atoms with E-state index in [1.807, 2.05) is 54.6 Å². The minimum absolute atomic E-state index is 0.436. The van der Waals surface area contributed by atoms with Crippen molar-refractivity contribution in [2.45, 2.75) is 26.8 Å². The van der Waals surface area contributed by atoms with Crippen molar-refractivity contribution < 1.29 is 4.79 Å². The van der Waals surface area contributed by atoms with Crippen molar-refractivity contribution in [2.24, 2.45) is 17.6 Å². The maximum absolute atomic E-state index is 12.2. The van der Waals surface area contributed by atoms with Crippen LogP contribution in [0.15, 0.2) is 72.8 Å². The number of hydrogen-bond donors (Lipinski definition) is 1. The molecule has 3 nitrogen and oxygen atoms in total. The van der Waals surface area contributed by atoms with E-state index in [0.29, 0.717) is 10.6 Å². The largest absolute Gasteiger partial charge is 0.366 e. The van der Waals surface area contributed by atoms with Crippen molar-refractivity contribution in [3.8, 4) is 11.1 Å². The highest BCUT2D eigenvalue weighted by Crippen LogP contribution is 2.26. The molecule has 4 rings (SSSR count). The SMILES string of the molecule is C[C@@H]1C[C@H](C)CN(Cc2ccc(/C=C(/C(N)=O)c3ccc(-c4ccc(Cl)cc4)cc3)cc2)C1. The molecule has 1 heterocycles. The Labute approximate surface area is 201 Å². The van der Waals surface area contributed by atoms with E-state index >= 15 is 0 Å². The van der Waals surface area contributed by atoms with E-state index in [4.69, 9.17) is 17.3 Å². The number of carbonyl (C=O) groups excluding carboxylic acids is 1. The molecule has 0 radical (unpaired) electrons. The number of hydrogen-bond acceptors (Lipinski definition) is 2. The van der Waals surface area contributed by atoms with Gasteiger partial charge in [-0.2, -0.15) is 0 Å². The summed E-state index contributed by atoms with van der Waals surface area (Å²) in [5.74, 6) is 1.06. The van der Waals surface area contributed by atoms with Crippen molar-refractivity contribution >= 4 is 29.2 Å². The summed E-state index contributed by atoms with van der Waals surface area (Å²) in [6.07, 6.45) is 3.19. The number of benzene rings is 3. The topological polar surface area (TPSA) is 46.3 Å². The maximum Gasteiger partial charge on any atom is 0.249 e. The highest BCUT2D eigenvalue weighted by Gasteiger charge is 2.21. The zero-order valence-electron chi connectivity index (χ0n) is 19.3. The van der Waals surface area contributed by atoms with Gasteiger partial charge in [-0.25, -0.2) is 0 Å². The summed E-state index contributed by atoms with van der Waals surface area (Å²) >= 11 is 5.99. The monoisotopic (exact) mass is 458 g/mol. The van der Waals surface area contributed by atoms with E-state index in [-0.39, 0.29) is 0 Å². The molecule has 3 aromatic rings. The smallest absolute Gasteiger partial charge is 0.249 e. The minimum Gasteiger partial charge on any atom is -0.366 e. The fourth-order valence-corrected chi connectivity index (χ4v) is 4.97. The van der Waals surface area contributed by atoms with Gasteiger partial charge in [0, 0.05) is 30.2 Å². The van der Waals surface area contributed by atoms with Crippen LogP contribution in [-0.4, -0.2) is 23.9 Å². The van der Waals surface area contributed by atoms with Crippen LogP contribution in [0.4, 0.5) is 0 Å². The molecule has 1 aliphatic rings. The van der Waals surface area contributed by atoms with Crippen LogP contribution in [0.1, 0.15) is 37.0 Å². The third kappa shape index (κ3) is 6.13. The lowest BCUT2D eigenvalue weighted by molar-refractivity contribution is -0.112. The number of nitrogens with two attached hydrogens (primary N) is 1. The molecule has 0 bridgehead atoms. The Hall–Kier alpha value is -2.88. The van der Waals surface area contributed by atoms with Crippen LogP contribution in [0.5, 0.6) is 0 Å². The molecule has 1 aliphatic heterocycles. The van der Waals surface area contributed by atoms with Crippen LogP contribution in [0.3, 0.4) is 0 Å². The Kier molecular flexibility index (Phi) is 7.32. The molecule has 1 fully saturated rings. The fraction of sp³-hybridized carbons (Fsp3) is 0.276. The Bertz CT molecular complexity index is 1110. The van der Waals surface area contributed by atoms with E-state index < -0.39 is 5.91 Å². The van der Waals surface area contributed by atoms with Crippen LogP contribution < -0.4 is 5.73 Å². The van der Waals surface area contributed by atoms with E-state index in [2.05, 4.69) is 43.0 Å². The molecule has 1 saturated heterocycles. The summed E-state index contributed by atoms with van der Waals surface area (Å²) < 4.78 is 0. The van der Waals surface area contributed by atoms with Gasteiger partial charge >= 0.3 is 0 Å². The van der Waals surface area contributed by atoms with Crippen LogP contribution in [0.2, 0.25) is 5.02 Å². The number of rotatable bonds is 6. The molecule has 33 heavy (non-hydrogen) atoms. The first-order valence-corrected chi connectivity index (χ1v) is 11.9. The zero-order valence-corrected chi connectivity index (χ0v) is 20.1. The number of nitrogens with zero attached hydrogens (tertiary/aromatic N) is 1. The molecule has 0 saturated carbocycles. The number of likely N-dealkylation sites (tertiary alicyclic amines) is 1. The van der Waals surface area contributed by atoms with E-state index in [1.165, 1.54) is 12.0 Å². The third-order valence-electron chi connectivity index (χ3n) is 6.28. The van der Waals surface area contributed by atoms with Crippen LogP contribution in [0.25, 0.3) is 22.8 Å². The molecule has 2 atom stereocenters. The minimum atomic E-state index is -0.436. The summed E-state index contributed by atoms with van der Waals surface area (Å²) in [7, 11) is 0. The summed E-state index contributed by atoms with van der Waals surface area (Å²) in [6, 6.07) is 24.0. The van der Waals surface area contributed by atoms with Crippen molar-refractivity contribution in [3.63, 3.8) is 0 Å². The lowest BCUT2D eigenvalue weighted by Gasteiger charge is -2.35. The summed E-state index contributed by atoms with van der Waals surface area (Å²) in [5.41, 5.74) is 11.4. The van der Waals surface area contributed by atoms with Crippen LogP contribution >= 0.6 is 11.6 Å². The Morgan fingerprint density at radius 3 is 2.00 bits per heavy atom. The molecule has 170 valence electrons. The Balaban J connectivity index is 1.49. The lowest BCUT2D eigenvalue weighted by atomic mass is 9.91. The van der Waals surface area contributed by atoms with Gasteiger partial charge < -0.3 is 5.73 Å². The second-order valence-corrected chi connectivity index (χ2v) is 9.82. The summed E-state index contributed by atoms with van der Waals surface area (Å²) in [5, 5.41) is 0.709. The highest BCUT2D eigenvalue weighted by atomic mass is 35.5. The standard InChI is InChI=1S/C29H31ClN2O/c1-20-15-21(2)18-32(17-20)19-23-5-3-22(4-6-23)16-28(29(31)33)26-9-7-24(8-10-26)25-11-13-27(30)14-12-25/h3-14,16,20-21H,15,17-19H2,1-2H3,(H2,31,33)/b28-16+/t20-,21+. The van der Waals surface area contributed by atoms with Gasteiger partial charge in [-0.05, 0) is 64.3 Å². The normalized spacial score (nSPS) is 19.4. The number of piperidine rings is 1. The van der Waals surface area contributed by atoms with E-state index in [0.717, 1.165) is 53.7 Å². The molecule has 0 aromatic heterocycles. The number of carbonyl (C=O) groups is 1. The first-order chi connectivity index (χ1) is 15.9. The molecule has 0 aliphatic carbocycles. The van der Waals surface area contributed by atoms with Gasteiger partial charge in [0.2, 0.25) is 5.91 Å². The summed E-state index contributed by atoms with van der Waals surface area (Å²) in [4.78, 5) is 14.8. The second-order valence-electron chi connectivity index (χ2n) is 9.39. The molecule has 4 heteroatoms. The molecule has 0 unspecified atom stereocenters. The van der Waals surface area contributed by atoms with Gasteiger partial charge in [0.15, 0.2) is 0 Å². The predicted molar refractivity (Wildman–Crippen MR) is 139 cm³/mol. The van der Waals surface area contributed by atoms with Gasteiger partial charge in [0.1, 0.15) is 0 Å². The van der Waals surface area contributed by atoms with Gasteiger partial charge in [-0.15, -0.1) is 0 Å². The number of primary amides is 1. The van der Waals surface area contributed by atoms with Crippen molar-refractivity contribution in [1.82, 2.24) is 4.90 Å². The Morgan fingerprint density at radius 1 is 0.909 bits per heavy atom. The number of amides is 1. The van der Waals surface area contributed by atoms with Gasteiger partial charge in [0.05, 0.1) is 0 Å². The summed E-state index contributed by atoms with van der Waals surface area (Å²) in [6.45, 7) is 7.95. The first-order valence-electron chi connectivity index (χ1n) is 11.6. The van der Waals surface area contributed by atoms with E-state index in [9.17, 15) is 4.79 Å². The van der Waals surface area contributed by atoms with Crippen molar-refractivity contribution in [2.75, 3.05) is 13.1 Å². The molecule has 1 amide bonds. The average Bonchev–Trinajstić information content (AvgIpc) is 2.78. The Morgan fingerprint density at radius 2 is 1.45 bits per heavy atom. The van der Waals surface area contributed by atoms with Crippen LogP contribution in [-0.2, 0) is 11.3 Å². The average molecular weight is 459 g/mol. The lowest BCUT2D eigenvalue weighted by Crippen LogP contribution is -2.38. The van der Waals surface area contributed by atoms with Crippen LogP contribution in [0, 0.1) is 11.8 Å². The van der Waals surface area contributed by atoms with Crippen molar-refractivity contribution in [1.29, 1.82) is 0 Å². The molecule has 2 N–H and O–H groups in total. The highest BCUT2D eigenvalue weighted by molar-refractivity contribution is 6.30. The van der Waals surface area contributed by atoms with Gasteiger partial charge in [0.25, 0.3) is 0 Å². The van der Waals surface area contributed by atoms with Crippen molar-refractivity contribution in [3.05, 3.63) is 94.5 Å². The molecule has 0 spiro atoms. The fourth-order valence-electron chi connectivity index (χ4n) is 4.85. The first kappa shape index (κ1) is 23.3. The van der Waals surface area contributed by atoms with E-state index in [1.54, 1.807) is 0 Å². The van der Waals surface area contributed by atoms with Gasteiger partial charge in [-0.3, -0.25) is 9.69 Å². The third-order valence-corrected chi connectivity index (χ3v) is 6.53. The molecule has 3 aromatic carbocycles. The number of halogens is 1. The molecular formula is C29H31ClN2O. The quantitative estimate of drug-likeness (QED) is 0.338. The van der Waals surface area contributed by atoms with Gasteiger partial charge in [-0.1, -0.05) is 86.1 Å².